The molecule has 0 unspecified atom stereocenters. The van der Waals surface area contributed by atoms with Gasteiger partial charge in [0.05, 0.1) is 5.02 Å². The number of aromatic nitrogens is 3. The molecular weight excluding hydrogens is 251 g/mol. The molecule has 0 aliphatic heterocycles. The molecule has 2 aromatic rings. The number of rotatable bonds is 2. The summed E-state index contributed by atoms with van der Waals surface area (Å²) >= 11 is 11.3. The standard InChI is InChI=1S/C9H6Cl2N4O/c10-5-1-2-8(12-4-5)13-9(16)6-3-7(11)15-14-6/h1-4H,(H,14,15)(H,12,13,16). The van der Waals surface area contributed by atoms with E-state index in [0.29, 0.717) is 16.0 Å². The maximum Gasteiger partial charge on any atom is 0.277 e. The number of carbonyl (C=O) groups is 1. The van der Waals surface area contributed by atoms with Crippen molar-refractivity contribution in [3.8, 4) is 0 Å². The number of hydrogen-bond acceptors (Lipinski definition) is 3. The molecule has 2 aromatic heterocycles. The Hall–Kier alpha value is -1.59. The van der Waals surface area contributed by atoms with Crippen LogP contribution in [0.3, 0.4) is 0 Å². The number of hydrogen-bond donors (Lipinski definition) is 2. The highest BCUT2D eigenvalue weighted by Crippen LogP contribution is 2.11. The van der Waals surface area contributed by atoms with Gasteiger partial charge in [-0.05, 0) is 12.1 Å². The topological polar surface area (TPSA) is 70.7 Å². The number of nitrogens with zero attached hydrogens (tertiary/aromatic N) is 2. The van der Waals surface area contributed by atoms with Crippen LogP contribution in [-0.4, -0.2) is 21.1 Å². The minimum atomic E-state index is -0.391. The largest absolute Gasteiger partial charge is 0.305 e. The Kier molecular flexibility index (Phi) is 3.07. The predicted octanol–water partition coefficient (Wildman–Crippen LogP) is 2.36. The Morgan fingerprint density at radius 3 is 2.75 bits per heavy atom. The van der Waals surface area contributed by atoms with Crippen molar-refractivity contribution < 1.29 is 4.79 Å². The van der Waals surface area contributed by atoms with Gasteiger partial charge in [0.2, 0.25) is 0 Å². The summed E-state index contributed by atoms with van der Waals surface area (Å²) in [5.74, 6) is 0.00601. The first-order valence-corrected chi connectivity index (χ1v) is 5.04. The van der Waals surface area contributed by atoms with Crippen molar-refractivity contribution in [2.45, 2.75) is 0 Å². The average molecular weight is 257 g/mol. The van der Waals surface area contributed by atoms with Crippen molar-refractivity contribution in [2.24, 2.45) is 0 Å². The molecule has 0 saturated heterocycles. The van der Waals surface area contributed by atoms with E-state index < -0.39 is 5.91 Å². The number of amides is 1. The van der Waals surface area contributed by atoms with Gasteiger partial charge in [0.1, 0.15) is 11.0 Å². The average Bonchev–Trinajstić information content (AvgIpc) is 2.68. The number of pyridine rings is 1. The van der Waals surface area contributed by atoms with Gasteiger partial charge in [-0.2, -0.15) is 5.10 Å². The summed E-state index contributed by atoms with van der Waals surface area (Å²) in [6.07, 6.45) is 1.44. The third kappa shape index (κ3) is 2.50. The fourth-order valence-corrected chi connectivity index (χ4v) is 1.30. The fourth-order valence-electron chi connectivity index (χ4n) is 1.04. The second-order valence-electron chi connectivity index (χ2n) is 2.92. The molecule has 5 nitrogen and oxygen atoms in total. The van der Waals surface area contributed by atoms with Crippen molar-refractivity contribution in [3.63, 3.8) is 0 Å². The molecule has 7 heteroatoms. The number of aromatic amines is 1. The van der Waals surface area contributed by atoms with Crippen LogP contribution in [0.2, 0.25) is 10.2 Å². The van der Waals surface area contributed by atoms with E-state index in [-0.39, 0.29) is 5.69 Å². The van der Waals surface area contributed by atoms with Gasteiger partial charge >= 0.3 is 0 Å². The van der Waals surface area contributed by atoms with Crippen molar-refractivity contribution in [1.82, 2.24) is 15.2 Å². The SMILES string of the molecule is O=C(Nc1ccc(Cl)cn1)c1cc(Cl)[nH]n1. The minimum Gasteiger partial charge on any atom is -0.305 e. The van der Waals surface area contributed by atoms with Crippen LogP contribution in [0.4, 0.5) is 5.82 Å². The second-order valence-corrected chi connectivity index (χ2v) is 3.76. The van der Waals surface area contributed by atoms with Crippen molar-refractivity contribution in [2.75, 3.05) is 5.32 Å². The molecule has 0 atom stereocenters. The van der Waals surface area contributed by atoms with Gasteiger partial charge in [-0.3, -0.25) is 9.89 Å². The van der Waals surface area contributed by atoms with E-state index >= 15 is 0 Å². The first-order chi connectivity index (χ1) is 7.65. The smallest absolute Gasteiger partial charge is 0.277 e. The van der Waals surface area contributed by atoms with Crippen LogP contribution >= 0.6 is 23.2 Å². The molecule has 16 heavy (non-hydrogen) atoms. The van der Waals surface area contributed by atoms with Gasteiger partial charge in [0, 0.05) is 12.3 Å². The molecular formula is C9H6Cl2N4O. The number of nitrogens with one attached hydrogen (secondary N) is 2. The molecule has 1 amide bonds. The zero-order chi connectivity index (χ0) is 11.5. The number of H-pyrrole nitrogens is 1. The lowest BCUT2D eigenvalue weighted by Crippen LogP contribution is -2.13. The van der Waals surface area contributed by atoms with E-state index in [4.69, 9.17) is 23.2 Å². The molecule has 2 rings (SSSR count). The summed E-state index contributed by atoms with van der Waals surface area (Å²) in [4.78, 5) is 15.5. The first-order valence-electron chi connectivity index (χ1n) is 4.29. The van der Waals surface area contributed by atoms with Gasteiger partial charge in [0.25, 0.3) is 5.91 Å². The quantitative estimate of drug-likeness (QED) is 0.867. The van der Waals surface area contributed by atoms with Crippen LogP contribution in [0, 0.1) is 0 Å². The van der Waals surface area contributed by atoms with Crippen molar-refractivity contribution in [3.05, 3.63) is 40.3 Å². The zero-order valence-electron chi connectivity index (χ0n) is 7.87. The van der Waals surface area contributed by atoms with Crippen LogP contribution < -0.4 is 5.32 Å². The summed E-state index contributed by atoms with van der Waals surface area (Å²) in [5, 5.41) is 9.51. The van der Waals surface area contributed by atoms with E-state index in [1.165, 1.54) is 12.3 Å². The number of halogens is 2. The summed E-state index contributed by atoms with van der Waals surface area (Å²) in [7, 11) is 0. The maximum atomic E-state index is 11.6. The van der Waals surface area contributed by atoms with Gasteiger partial charge in [-0.15, -0.1) is 0 Å². The molecule has 0 bridgehead atoms. The summed E-state index contributed by atoms with van der Waals surface area (Å²) < 4.78 is 0. The summed E-state index contributed by atoms with van der Waals surface area (Å²) in [6, 6.07) is 4.64. The van der Waals surface area contributed by atoms with E-state index in [1.807, 2.05) is 0 Å². The Labute approximate surface area is 101 Å². The van der Waals surface area contributed by atoms with Crippen LogP contribution in [0.5, 0.6) is 0 Å². The van der Waals surface area contributed by atoms with Crippen molar-refractivity contribution in [1.29, 1.82) is 0 Å². The molecule has 0 aromatic carbocycles. The molecule has 2 N–H and O–H groups in total. The normalized spacial score (nSPS) is 10.1. The molecule has 0 saturated carbocycles. The third-order valence-corrected chi connectivity index (χ3v) is 2.17. The van der Waals surface area contributed by atoms with E-state index in [2.05, 4.69) is 20.5 Å². The lowest BCUT2D eigenvalue weighted by molar-refractivity contribution is 0.102. The lowest BCUT2D eigenvalue weighted by Gasteiger charge is -2.00. The van der Waals surface area contributed by atoms with Gasteiger partial charge in [-0.1, -0.05) is 23.2 Å². The zero-order valence-corrected chi connectivity index (χ0v) is 9.38. The number of anilines is 1. The van der Waals surface area contributed by atoms with Crippen LogP contribution in [0.25, 0.3) is 0 Å². The molecule has 0 spiro atoms. The molecule has 0 aliphatic carbocycles. The highest BCUT2D eigenvalue weighted by molar-refractivity contribution is 6.30. The number of carbonyl (C=O) groups excluding carboxylic acids is 1. The third-order valence-electron chi connectivity index (χ3n) is 1.75. The molecule has 82 valence electrons. The minimum absolute atomic E-state index is 0.196. The highest BCUT2D eigenvalue weighted by atomic mass is 35.5. The Bertz CT molecular complexity index is 508. The van der Waals surface area contributed by atoms with Gasteiger partial charge < -0.3 is 5.32 Å². The van der Waals surface area contributed by atoms with Gasteiger partial charge in [-0.25, -0.2) is 4.98 Å². The van der Waals surface area contributed by atoms with Crippen molar-refractivity contribution >= 4 is 34.9 Å². The Morgan fingerprint density at radius 2 is 2.19 bits per heavy atom. The van der Waals surface area contributed by atoms with Crippen LogP contribution in [0.15, 0.2) is 24.4 Å². The highest BCUT2D eigenvalue weighted by Gasteiger charge is 2.10. The lowest BCUT2D eigenvalue weighted by atomic mass is 10.4. The summed E-state index contributed by atoms with van der Waals surface area (Å²) in [6.45, 7) is 0. The van der Waals surface area contributed by atoms with Gasteiger partial charge in [0.15, 0.2) is 5.69 Å². The molecule has 0 radical (unpaired) electrons. The first kappa shape index (κ1) is 10.9. The predicted molar refractivity (Wildman–Crippen MR) is 60.8 cm³/mol. The second kappa shape index (κ2) is 4.51. The van der Waals surface area contributed by atoms with Crippen LogP contribution in [0.1, 0.15) is 10.5 Å². The monoisotopic (exact) mass is 256 g/mol. The maximum absolute atomic E-state index is 11.6. The van der Waals surface area contributed by atoms with E-state index in [1.54, 1.807) is 12.1 Å². The fraction of sp³-hybridized carbons (Fsp3) is 0. The summed E-state index contributed by atoms with van der Waals surface area (Å²) in [5.41, 5.74) is 0.196. The Morgan fingerprint density at radius 1 is 1.38 bits per heavy atom. The molecule has 0 fully saturated rings. The Balaban J connectivity index is 2.10. The molecule has 2 heterocycles. The van der Waals surface area contributed by atoms with E-state index in [9.17, 15) is 4.79 Å². The molecule has 0 aliphatic rings. The van der Waals surface area contributed by atoms with E-state index in [0.717, 1.165) is 0 Å². The van der Waals surface area contributed by atoms with Crippen LogP contribution in [-0.2, 0) is 0 Å².